The lowest BCUT2D eigenvalue weighted by Gasteiger charge is -2.22. The molecule has 1 aromatic heterocycles. The first-order valence-corrected chi connectivity index (χ1v) is 13.8. The van der Waals surface area contributed by atoms with Gasteiger partial charge in [-0.05, 0) is 54.5 Å². The summed E-state index contributed by atoms with van der Waals surface area (Å²) in [6.45, 7) is 6.20. The SMILES string of the molecule is CCCN(CCC)C(=O)C1=Cc2ccc(-c3ccc4c(=O)n(CCSC)ncc4c3)cc2N=C(N)C1. The standard InChI is InChI=1S/C28H33N5O2S/c1-4-10-32(11-5-2)27(34)22-15-21-7-6-20(16-25(21)31-26(29)17-22)19-8-9-24-23(14-19)18-30-33(28(24)35)12-13-36-3/h6-9,14-16,18H,4-5,10-13,17H2,1-3H3,(H2,29,31). The van der Waals surface area contributed by atoms with Crippen LogP contribution in [0.25, 0.3) is 28.0 Å². The highest BCUT2D eigenvalue weighted by Gasteiger charge is 2.21. The van der Waals surface area contributed by atoms with Crippen molar-refractivity contribution in [2.24, 2.45) is 10.7 Å². The maximum Gasteiger partial charge on any atom is 0.274 e. The monoisotopic (exact) mass is 503 g/mol. The Bertz CT molecular complexity index is 1390. The Labute approximate surface area is 216 Å². The van der Waals surface area contributed by atoms with Gasteiger partial charge in [-0.25, -0.2) is 9.67 Å². The quantitative estimate of drug-likeness (QED) is 0.450. The fourth-order valence-corrected chi connectivity index (χ4v) is 4.83. The van der Waals surface area contributed by atoms with Gasteiger partial charge < -0.3 is 10.6 Å². The smallest absolute Gasteiger partial charge is 0.274 e. The molecule has 36 heavy (non-hydrogen) atoms. The molecule has 7 nitrogen and oxygen atoms in total. The van der Waals surface area contributed by atoms with Crippen LogP contribution in [0.15, 0.2) is 58.0 Å². The van der Waals surface area contributed by atoms with E-state index in [0.717, 1.165) is 59.4 Å². The minimum Gasteiger partial charge on any atom is -0.387 e. The van der Waals surface area contributed by atoms with Crippen LogP contribution in [0.3, 0.4) is 0 Å². The molecule has 1 amide bonds. The van der Waals surface area contributed by atoms with Crippen molar-refractivity contribution in [3.05, 3.63) is 64.1 Å². The van der Waals surface area contributed by atoms with Gasteiger partial charge in [0.05, 0.1) is 23.8 Å². The topological polar surface area (TPSA) is 93.6 Å². The molecule has 2 heterocycles. The van der Waals surface area contributed by atoms with E-state index in [1.54, 1.807) is 18.0 Å². The van der Waals surface area contributed by atoms with Crippen LogP contribution in [-0.2, 0) is 11.3 Å². The second-order valence-electron chi connectivity index (χ2n) is 8.98. The van der Waals surface area contributed by atoms with Gasteiger partial charge in [-0.3, -0.25) is 9.59 Å². The number of thioether (sulfide) groups is 1. The van der Waals surface area contributed by atoms with Crippen LogP contribution < -0.4 is 11.3 Å². The third kappa shape index (κ3) is 5.54. The summed E-state index contributed by atoms with van der Waals surface area (Å²) < 4.78 is 1.52. The van der Waals surface area contributed by atoms with Crippen molar-refractivity contribution in [1.29, 1.82) is 0 Å². The Kier molecular flexibility index (Phi) is 8.25. The van der Waals surface area contributed by atoms with E-state index in [4.69, 9.17) is 5.73 Å². The lowest BCUT2D eigenvalue weighted by atomic mass is 9.99. The van der Waals surface area contributed by atoms with Crippen LogP contribution in [0.2, 0.25) is 0 Å². The number of carbonyl (C=O) groups is 1. The Hall–Kier alpha value is -3.39. The summed E-state index contributed by atoms with van der Waals surface area (Å²) in [5.41, 5.74) is 10.4. The van der Waals surface area contributed by atoms with Crippen molar-refractivity contribution in [3.8, 4) is 11.1 Å². The van der Waals surface area contributed by atoms with Crippen LogP contribution in [-0.4, -0.2) is 51.5 Å². The number of aryl methyl sites for hydroxylation is 1. The first kappa shape index (κ1) is 25.7. The van der Waals surface area contributed by atoms with Gasteiger partial charge in [0.25, 0.3) is 5.56 Å². The molecule has 2 N–H and O–H groups in total. The second-order valence-corrected chi connectivity index (χ2v) is 9.97. The van der Waals surface area contributed by atoms with Crippen molar-refractivity contribution in [2.75, 3.05) is 25.1 Å². The highest BCUT2D eigenvalue weighted by Crippen LogP contribution is 2.33. The third-order valence-corrected chi connectivity index (χ3v) is 6.83. The normalized spacial score (nSPS) is 13.1. The van der Waals surface area contributed by atoms with E-state index in [2.05, 4.69) is 23.9 Å². The Morgan fingerprint density at radius 3 is 2.56 bits per heavy atom. The number of fused-ring (bicyclic) bond motifs is 2. The lowest BCUT2D eigenvalue weighted by Crippen LogP contribution is -2.34. The second kappa shape index (κ2) is 11.6. The molecule has 0 bridgehead atoms. The number of nitrogens with two attached hydrogens (primary N) is 1. The van der Waals surface area contributed by atoms with E-state index in [0.29, 0.717) is 29.8 Å². The molecule has 4 rings (SSSR count). The van der Waals surface area contributed by atoms with Gasteiger partial charge in [-0.2, -0.15) is 16.9 Å². The zero-order valence-corrected chi connectivity index (χ0v) is 22.0. The number of rotatable bonds is 9. The number of aliphatic imine (C=N–C) groups is 1. The fourth-order valence-electron chi connectivity index (χ4n) is 4.47. The van der Waals surface area contributed by atoms with Gasteiger partial charge in [0.15, 0.2) is 0 Å². The molecule has 8 heteroatoms. The number of aromatic nitrogens is 2. The maximum absolute atomic E-state index is 13.2. The van der Waals surface area contributed by atoms with E-state index < -0.39 is 0 Å². The summed E-state index contributed by atoms with van der Waals surface area (Å²) in [4.78, 5) is 32.5. The van der Waals surface area contributed by atoms with Crippen molar-refractivity contribution in [2.45, 2.75) is 39.7 Å². The van der Waals surface area contributed by atoms with Crippen molar-refractivity contribution in [1.82, 2.24) is 14.7 Å². The highest BCUT2D eigenvalue weighted by molar-refractivity contribution is 7.98. The number of carbonyl (C=O) groups excluding carboxylic acids is 1. The molecule has 0 spiro atoms. The average Bonchev–Trinajstić information content (AvgIpc) is 3.05. The molecule has 0 unspecified atom stereocenters. The van der Waals surface area contributed by atoms with Crippen LogP contribution >= 0.6 is 11.8 Å². The first-order valence-electron chi connectivity index (χ1n) is 12.4. The van der Waals surface area contributed by atoms with Crippen molar-refractivity contribution < 1.29 is 4.79 Å². The van der Waals surface area contributed by atoms with Gasteiger partial charge >= 0.3 is 0 Å². The van der Waals surface area contributed by atoms with Crippen LogP contribution in [0.1, 0.15) is 38.7 Å². The fraction of sp³-hybridized carbons (Fsp3) is 0.357. The van der Waals surface area contributed by atoms with E-state index in [1.165, 1.54) is 4.68 Å². The highest BCUT2D eigenvalue weighted by atomic mass is 32.2. The largest absolute Gasteiger partial charge is 0.387 e. The number of hydrogen-bond acceptors (Lipinski definition) is 6. The lowest BCUT2D eigenvalue weighted by molar-refractivity contribution is -0.127. The summed E-state index contributed by atoms with van der Waals surface area (Å²) in [5, 5.41) is 5.80. The maximum atomic E-state index is 13.2. The number of benzene rings is 2. The minimum absolute atomic E-state index is 0.0268. The average molecular weight is 504 g/mol. The molecule has 188 valence electrons. The van der Waals surface area contributed by atoms with E-state index in [-0.39, 0.29) is 11.5 Å². The van der Waals surface area contributed by atoms with Crippen LogP contribution in [0, 0.1) is 0 Å². The molecule has 0 saturated carbocycles. The molecule has 1 aliphatic rings. The number of amides is 1. The van der Waals surface area contributed by atoms with E-state index in [9.17, 15) is 9.59 Å². The predicted octanol–water partition coefficient (Wildman–Crippen LogP) is 4.85. The molecule has 0 radical (unpaired) electrons. The Balaban J connectivity index is 1.68. The molecule has 2 aromatic carbocycles. The Morgan fingerprint density at radius 2 is 1.83 bits per heavy atom. The molecule has 0 fully saturated rings. The van der Waals surface area contributed by atoms with Gasteiger partial charge in [-0.1, -0.05) is 32.0 Å². The summed E-state index contributed by atoms with van der Waals surface area (Å²) in [6.07, 6.45) is 7.84. The molecular formula is C28H33N5O2S. The predicted molar refractivity (Wildman–Crippen MR) is 151 cm³/mol. The van der Waals surface area contributed by atoms with Gasteiger partial charge in [-0.15, -0.1) is 0 Å². The van der Waals surface area contributed by atoms with Crippen LogP contribution in [0.4, 0.5) is 5.69 Å². The summed E-state index contributed by atoms with van der Waals surface area (Å²) >= 11 is 1.69. The van der Waals surface area contributed by atoms with E-state index in [1.807, 2.05) is 53.6 Å². The summed E-state index contributed by atoms with van der Waals surface area (Å²) in [7, 11) is 0. The molecule has 1 aliphatic heterocycles. The van der Waals surface area contributed by atoms with E-state index >= 15 is 0 Å². The molecule has 0 atom stereocenters. The first-order chi connectivity index (χ1) is 17.4. The Morgan fingerprint density at radius 1 is 1.11 bits per heavy atom. The number of amidine groups is 1. The number of nitrogens with zero attached hydrogens (tertiary/aromatic N) is 4. The van der Waals surface area contributed by atoms with Gasteiger partial charge in [0.1, 0.15) is 5.84 Å². The zero-order valence-electron chi connectivity index (χ0n) is 21.2. The zero-order chi connectivity index (χ0) is 25.7. The molecular weight excluding hydrogens is 470 g/mol. The molecule has 0 saturated heterocycles. The van der Waals surface area contributed by atoms with Crippen molar-refractivity contribution >= 4 is 46.0 Å². The van der Waals surface area contributed by atoms with Gasteiger partial charge in [0.2, 0.25) is 5.91 Å². The number of hydrogen-bond donors (Lipinski definition) is 1. The van der Waals surface area contributed by atoms with Crippen LogP contribution in [0.5, 0.6) is 0 Å². The molecule has 3 aromatic rings. The summed E-state index contributed by atoms with van der Waals surface area (Å²) in [5.74, 6) is 1.29. The third-order valence-electron chi connectivity index (χ3n) is 6.24. The minimum atomic E-state index is -0.0741. The summed E-state index contributed by atoms with van der Waals surface area (Å²) in [6, 6.07) is 11.8. The van der Waals surface area contributed by atoms with Crippen molar-refractivity contribution in [3.63, 3.8) is 0 Å². The van der Waals surface area contributed by atoms with Gasteiger partial charge in [0, 0.05) is 41.8 Å². The molecule has 0 aliphatic carbocycles.